The van der Waals surface area contributed by atoms with Crippen molar-refractivity contribution in [3.8, 4) is 0 Å². The van der Waals surface area contributed by atoms with Gasteiger partial charge in [-0.1, -0.05) is 0 Å². The van der Waals surface area contributed by atoms with E-state index in [1.807, 2.05) is 0 Å². The molecule has 5 heterocycles. The summed E-state index contributed by atoms with van der Waals surface area (Å²) < 4.78 is 159. The molecule has 22 atom stereocenters. The molecule has 5 rings (SSSR count). The summed E-state index contributed by atoms with van der Waals surface area (Å²) in [5.74, 6) is -10.2. The lowest BCUT2D eigenvalue weighted by Crippen LogP contribution is -2.61. The van der Waals surface area contributed by atoms with E-state index in [0.29, 0.717) is 6.08 Å². The monoisotopic (exact) mass is 1100 g/mol. The van der Waals surface area contributed by atoms with E-state index in [-0.39, 0.29) is 0 Å². The number of hydrogen-bond donors (Lipinski definition) is 14. The lowest BCUT2D eigenvalue weighted by molar-refractivity contribution is -0.322. The zero-order chi connectivity index (χ0) is 53.1. The van der Waals surface area contributed by atoms with Gasteiger partial charge in [0.25, 0.3) is 0 Å². The molecule has 0 bridgehead atoms. The van der Waals surface area contributed by atoms with Crippen molar-refractivity contribution in [2.45, 2.75) is 118 Å². The van der Waals surface area contributed by atoms with Gasteiger partial charge in [0.1, 0.15) is 48.8 Å². The first kappa shape index (κ1) is 59.3. The minimum atomic E-state index is -5.51. The van der Waals surface area contributed by atoms with Gasteiger partial charge in [0.05, 0.1) is 76.6 Å². The van der Waals surface area contributed by atoms with Crippen LogP contribution in [0, 0.1) is 23.7 Å². The van der Waals surface area contributed by atoms with E-state index < -0.39 is 229 Å². The minimum absolute atomic E-state index is 0.566. The van der Waals surface area contributed by atoms with Crippen LogP contribution >= 0.6 is 0 Å². The molecular formula is C34H54O34S3. The topological polar surface area (TPSA) is 531 Å². The molecule has 0 aromatic rings. The largest absolute Gasteiger partial charge is 0.479 e. The number of aliphatic hydroxyl groups excluding tert-OH is 9. The SMILES string of the molecule is CC1O[C@@H](OCC2C(CO[C@@H]3OC(C(=O)O)[C@@H](O)C(COC4OC(CO)[C@@H](O)C(O)C4CO[C@@H]4OC(C(=O)O)=CC(O)C4O)C3O)COC(COS(=O)(=O)O)[C@H]2O)C(OS(=O)(=O)O)C(O)[C@@H]1OS(=O)(=O)O. The molecule has 5 aliphatic rings. The summed E-state index contributed by atoms with van der Waals surface area (Å²) in [7, 11) is -16.0. The van der Waals surface area contributed by atoms with Crippen molar-refractivity contribution in [1.82, 2.24) is 0 Å². The number of rotatable bonds is 22. The van der Waals surface area contributed by atoms with Crippen LogP contribution in [0.4, 0.5) is 0 Å². The zero-order valence-electron chi connectivity index (χ0n) is 36.4. The van der Waals surface area contributed by atoms with Crippen molar-refractivity contribution in [3.05, 3.63) is 11.8 Å². The maximum Gasteiger partial charge on any atom is 0.397 e. The Labute approximate surface area is 401 Å². The molecular weight excluding hydrogens is 1050 g/mol. The first-order valence-electron chi connectivity index (χ1n) is 20.8. The van der Waals surface area contributed by atoms with Crippen LogP contribution in [0.3, 0.4) is 0 Å². The summed E-state index contributed by atoms with van der Waals surface area (Å²) in [6, 6.07) is 0. The van der Waals surface area contributed by atoms with E-state index in [0.717, 1.165) is 6.92 Å². The Bertz CT molecular complexity index is 2160. The smallest absolute Gasteiger partial charge is 0.397 e. The van der Waals surface area contributed by atoms with Crippen LogP contribution in [0.5, 0.6) is 0 Å². The summed E-state index contributed by atoms with van der Waals surface area (Å²) in [5.41, 5.74) is 0. The maximum atomic E-state index is 12.3. The highest BCUT2D eigenvalue weighted by Crippen LogP contribution is 2.36. The van der Waals surface area contributed by atoms with E-state index >= 15 is 0 Å². The molecule has 37 heteroatoms. The molecule has 34 nitrogen and oxygen atoms in total. The molecule has 412 valence electrons. The first-order valence-corrected chi connectivity index (χ1v) is 24.9. The van der Waals surface area contributed by atoms with Gasteiger partial charge in [0.15, 0.2) is 31.1 Å². The average molecular weight is 1100 g/mol. The Morgan fingerprint density at radius 1 is 0.592 bits per heavy atom. The molecule has 14 N–H and O–H groups in total. The molecule has 0 spiro atoms. The summed E-state index contributed by atoms with van der Waals surface area (Å²) in [4.78, 5) is 23.8. The van der Waals surface area contributed by atoms with Crippen LogP contribution in [0.1, 0.15) is 6.92 Å². The van der Waals surface area contributed by atoms with Gasteiger partial charge >= 0.3 is 43.1 Å². The number of carbonyl (C=O) groups is 2. The summed E-state index contributed by atoms with van der Waals surface area (Å²) >= 11 is 0. The van der Waals surface area contributed by atoms with Gasteiger partial charge < -0.3 is 98.8 Å². The second kappa shape index (κ2) is 24.4. The molecule has 0 amide bonds. The van der Waals surface area contributed by atoms with Crippen LogP contribution in [-0.2, 0) is 96.0 Å². The van der Waals surface area contributed by atoms with Gasteiger partial charge in [-0.25, -0.2) is 22.1 Å². The summed E-state index contributed by atoms with van der Waals surface area (Å²) in [5, 5.41) is 116. The van der Waals surface area contributed by atoms with Gasteiger partial charge in [0.2, 0.25) is 12.0 Å². The van der Waals surface area contributed by atoms with Gasteiger partial charge in [-0.05, 0) is 13.0 Å². The van der Waals surface area contributed by atoms with E-state index in [9.17, 15) is 100 Å². The van der Waals surface area contributed by atoms with Crippen LogP contribution < -0.4 is 0 Å². The van der Waals surface area contributed by atoms with Gasteiger partial charge in [-0.2, -0.15) is 25.3 Å². The van der Waals surface area contributed by atoms with E-state index in [1.165, 1.54) is 0 Å². The molecule has 0 aromatic heterocycles. The first-order chi connectivity index (χ1) is 32.9. The van der Waals surface area contributed by atoms with Crippen molar-refractivity contribution >= 4 is 43.1 Å². The van der Waals surface area contributed by atoms with Crippen LogP contribution in [-0.4, -0.2) is 264 Å². The lowest BCUT2D eigenvalue weighted by atomic mass is 9.84. The zero-order valence-corrected chi connectivity index (χ0v) is 38.8. The third kappa shape index (κ3) is 15.5. The average Bonchev–Trinajstić information content (AvgIpc) is 3.26. The Hall–Kier alpha value is -2.59. The molecule has 0 aliphatic carbocycles. The fourth-order valence-corrected chi connectivity index (χ4v) is 9.41. The Morgan fingerprint density at radius 3 is 1.76 bits per heavy atom. The van der Waals surface area contributed by atoms with Crippen LogP contribution in [0.25, 0.3) is 0 Å². The fraction of sp³-hybridized carbons (Fsp3) is 0.882. The molecule has 0 aromatic carbocycles. The normalized spacial score (nSPS) is 41.7. The quantitative estimate of drug-likeness (QED) is 0.0448. The Balaban J connectivity index is 1.33. The Morgan fingerprint density at radius 2 is 1.17 bits per heavy atom. The van der Waals surface area contributed by atoms with Gasteiger partial charge in [-0.3, -0.25) is 13.7 Å². The number of aliphatic carboxylic acids is 2. The van der Waals surface area contributed by atoms with Crippen LogP contribution in [0.2, 0.25) is 0 Å². The third-order valence-corrected chi connectivity index (χ3v) is 13.2. The number of hydrogen-bond acceptors (Lipinski definition) is 29. The van der Waals surface area contributed by atoms with Gasteiger partial charge in [0, 0.05) is 17.8 Å². The Kier molecular flexibility index (Phi) is 20.4. The number of carboxylic acid groups (broad SMARTS) is 2. The summed E-state index contributed by atoms with van der Waals surface area (Å²) in [6.07, 6.45) is -34.4. The highest BCUT2D eigenvalue weighted by Gasteiger charge is 2.53. The second-order valence-corrected chi connectivity index (χ2v) is 19.8. The minimum Gasteiger partial charge on any atom is -0.479 e. The molecule has 71 heavy (non-hydrogen) atoms. The molecule has 4 fully saturated rings. The van der Waals surface area contributed by atoms with E-state index in [4.69, 9.17) is 47.2 Å². The van der Waals surface area contributed by atoms with Crippen LogP contribution in [0.15, 0.2) is 11.8 Å². The highest BCUT2D eigenvalue weighted by molar-refractivity contribution is 7.81. The lowest BCUT2D eigenvalue weighted by Gasteiger charge is -2.45. The molecule has 5 aliphatic heterocycles. The third-order valence-electron chi connectivity index (χ3n) is 11.8. The molecule has 4 saturated heterocycles. The molecule has 0 saturated carbocycles. The summed E-state index contributed by atoms with van der Waals surface area (Å²) in [6.45, 7) is -4.79. The second-order valence-electron chi connectivity index (χ2n) is 16.6. The number of ether oxygens (including phenoxy) is 9. The predicted molar refractivity (Wildman–Crippen MR) is 213 cm³/mol. The van der Waals surface area contributed by atoms with Gasteiger partial charge in [-0.15, -0.1) is 0 Å². The van der Waals surface area contributed by atoms with Crippen molar-refractivity contribution in [2.75, 3.05) is 46.2 Å². The predicted octanol–water partition coefficient (Wildman–Crippen LogP) is -8.40. The van der Waals surface area contributed by atoms with Crippen molar-refractivity contribution in [2.24, 2.45) is 23.7 Å². The fourth-order valence-electron chi connectivity index (χ4n) is 8.07. The van der Waals surface area contributed by atoms with Crippen molar-refractivity contribution in [3.63, 3.8) is 0 Å². The highest BCUT2D eigenvalue weighted by atomic mass is 32.3. The number of carboxylic acids is 2. The van der Waals surface area contributed by atoms with Crippen molar-refractivity contribution < 1.29 is 160 Å². The van der Waals surface area contributed by atoms with Crippen molar-refractivity contribution in [1.29, 1.82) is 0 Å². The maximum absolute atomic E-state index is 12.3. The van der Waals surface area contributed by atoms with E-state index in [2.05, 4.69) is 12.5 Å². The molecule has 15 unspecified atom stereocenters. The number of aliphatic hydroxyl groups is 9. The standard InChI is InChI=1S/C34H54O34S3/c1-10-26(67-70(51,52)53)25(43)28(68-71(54,55)56)34(63-10)61-6-12-11(4-57-18(19(12)37)9-62-69(48,49)50)5-58-32-22(40)13(21(39)27(66-32)30(46)47)7-59-31-14(20(38)24(42)17(3-35)65-31)8-60-33-23(41)15(36)2-16(64-33)29(44)45/h2,10-15,17-28,31-43H,3-9H2,1H3,(H,44,45)(H,46,47)(H,48,49,50)(H,51,52,53)(H,54,55,56)/t10?,11?,12?,13?,14?,15?,17?,18?,19-,20?,21-,22?,23?,24+,25?,26+,27?,28?,31?,32+,33+,34+/m0/s1. The van der Waals surface area contributed by atoms with E-state index in [1.54, 1.807) is 0 Å². The molecule has 0 radical (unpaired) electrons.